The smallest absolute Gasteiger partial charge is 0.257 e. The minimum absolute atomic E-state index is 0.0921. The van der Waals surface area contributed by atoms with Crippen molar-refractivity contribution >= 4 is 21.8 Å². The monoisotopic (exact) mass is 323 g/mol. The molecule has 2 aromatic rings. The van der Waals surface area contributed by atoms with Crippen LogP contribution in [0.3, 0.4) is 0 Å². The highest BCUT2D eigenvalue weighted by atomic mass is 79.9. The van der Waals surface area contributed by atoms with E-state index in [4.69, 9.17) is 4.74 Å². The average Bonchev–Trinajstić information content (AvgIpc) is 2.90. The fraction of sp³-hybridized carbons (Fsp3) is 0.231. The molecule has 1 aromatic carbocycles. The van der Waals surface area contributed by atoms with Crippen LogP contribution in [0.1, 0.15) is 15.9 Å². The Bertz CT molecular complexity index is 569. The first kappa shape index (κ1) is 13.6. The van der Waals surface area contributed by atoms with E-state index in [1.807, 2.05) is 6.07 Å². The molecular formula is C13H14BrN3O2. The van der Waals surface area contributed by atoms with Crippen LogP contribution in [0.4, 0.5) is 0 Å². The molecule has 1 amide bonds. The molecule has 0 atom stereocenters. The molecule has 6 heteroatoms. The lowest BCUT2D eigenvalue weighted by Gasteiger charge is -2.18. The Balaban J connectivity index is 2.19. The minimum Gasteiger partial charge on any atom is -0.496 e. The van der Waals surface area contributed by atoms with Crippen molar-refractivity contribution in [3.8, 4) is 5.75 Å². The summed E-state index contributed by atoms with van der Waals surface area (Å²) in [5, 5.41) is 6.58. The SMILES string of the molecule is COc1cc(Br)ccc1C(=O)N(C)Cc1cn[nH]c1. The van der Waals surface area contributed by atoms with Gasteiger partial charge in [-0.2, -0.15) is 5.10 Å². The highest BCUT2D eigenvalue weighted by Gasteiger charge is 2.17. The van der Waals surface area contributed by atoms with Gasteiger partial charge >= 0.3 is 0 Å². The Hall–Kier alpha value is -1.82. The molecule has 2 rings (SSSR count). The van der Waals surface area contributed by atoms with Crippen molar-refractivity contribution in [1.29, 1.82) is 0 Å². The van der Waals surface area contributed by atoms with Crippen LogP contribution in [0.2, 0.25) is 0 Å². The Kier molecular flexibility index (Phi) is 4.21. The lowest BCUT2D eigenvalue weighted by molar-refractivity contribution is 0.0781. The van der Waals surface area contributed by atoms with Crippen LogP contribution in [0, 0.1) is 0 Å². The molecule has 100 valence electrons. The molecule has 0 saturated heterocycles. The van der Waals surface area contributed by atoms with Gasteiger partial charge in [0.25, 0.3) is 5.91 Å². The highest BCUT2D eigenvalue weighted by molar-refractivity contribution is 9.10. The van der Waals surface area contributed by atoms with Crippen molar-refractivity contribution in [2.45, 2.75) is 6.54 Å². The summed E-state index contributed by atoms with van der Waals surface area (Å²) in [4.78, 5) is 14.0. The number of hydrogen-bond acceptors (Lipinski definition) is 3. The van der Waals surface area contributed by atoms with Gasteiger partial charge < -0.3 is 9.64 Å². The van der Waals surface area contributed by atoms with Crippen LogP contribution in [0.25, 0.3) is 0 Å². The number of amides is 1. The number of aromatic nitrogens is 2. The van der Waals surface area contributed by atoms with E-state index in [0.717, 1.165) is 10.0 Å². The third-order valence-corrected chi connectivity index (χ3v) is 3.21. The van der Waals surface area contributed by atoms with E-state index >= 15 is 0 Å². The second-order valence-electron chi connectivity index (χ2n) is 4.11. The number of carbonyl (C=O) groups excluding carboxylic acids is 1. The van der Waals surface area contributed by atoms with E-state index in [9.17, 15) is 4.79 Å². The molecular weight excluding hydrogens is 310 g/mol. The largest absolute Gasteiger partial charge is 0.496 e. The van der Waals surface area contributed by atoms with Crippen molar-refractivity contribution in [3.63, 3.8) is 0 Å². The summed E-state index contributed by atoms with van der Waals surface area (Å²) in [6, 6.07) is 5.34. The number of methoxy groups -OCH3 is 1. The molecule has 1 aromatic heterocycles. The lowest BCUT2D eigenvalue weighted by atomic mass is 10.1. The van der Waals surface area contributed by atoms with Gasteiger partial charge in [-0.05, 0) is 18.2 Å². The maximum Gasteiger partial charge on any atom is 0.257 e. The number of carbonyl (C=O) groups is 1. The topological polar surface area (TPSA) is 58.2 Å². The van der Waals surface area contributed by atoms with Crippen LogP contribution < -0.4 is 4.74 Å². The summed E-state index contributed by atoms with van der Waals surface area (Å²) in [7, 11) is 3.30. The lowest BCUT2D eigenvalue weighted by Crippen LogP contribution is -2.26. The zero-order chi connectivity index (χ0) is 13.8. The quantitative estimate of drug-likeness (QED) is 0.940. The van der Waals surface area contributed by atoms with E-state index < -0.39 is 0 Å². The number of ether oxygens (including phenoxy) is 1. The third kappa shape index (κ3) is 3.14. The van der Waals surface area contributed by atoms with E-state index in [1.165, 1.54) is 0 Å². The molecule has 0 saturated carbocycles. The molecule has 19 heavy (non-hydrogen) atoms. The Labute approximate surface area is 119 Å². The molecule has 0 fully saturated rings. The zero-order valence-electron chi connectivity index (χ0n) is 10.7. The molecule has 1 N–H and O–H groups in total. The second-order valence-corrected chi connectivity index (χ2v) is 5.03. The third-order valence-electron chi connectivity index (χ3n) is 2.72. The van der Waals surface area contributed by atoms with Gasteiger partial charge in [0.2, 0.25) is 0 Å². The van der Waals surface area contributed by atoms with Crippen molar-refractivity contribution in [3.05, 3.63) is 46.2 Å². The van der Waals surface area contributed by atoms with Crippen molar-refractivity contribution < 1.29 is 9.53 Å². The summed E-state index contributed by atoms with van der Waals surface area (Å²) in [6.45, 7) is 0.495. The maximum atomic E-state index is 12.4. The van der Waals surface area contributed by atoms with E-state index in [0.29, 0.717) is 17.9 Å². The van der Waals surface area contributed by atoms with Gasteiger partial charge in [0, 0.05) is 29.8 Å². The molecule has 0 bridgehead atoms. The molecule has 1 heterocycles. The summed E-state index contributed by atoms with van der Waals surface area (Å²) in [6.07, 6.45) is 3.46. The average molecular weight is 324 g/mol. The number of aromatic amines is 1. The number of hydrogen-bond donors (Lipinski definition) is 1. The Morgan fingerprint density at radius 1 is 1.53 bits per heavy atom. The van der Waals surface area contributed by atoms with Gasteiger partial charge in [-0.15, -0.1) is 0 Å². The molecule has 5 nitrogen and oxygen atoms in total. The van der Waals surface area contributed by atoms with Gasteiger partial charge in [-0.3, -0.25) is 9.89 Å². The van der Waals surface area contributed by atoms with Crippen molar-refractivity contribution in [1.82, 2.24) is 15.1 Å². The fourth-order valence-electron chi connectivity index (χ4n) is 1.76. The normalized spacial score (nSPS) is 10.3. The highest BCUT2D eigenvalue weighted by Crippen LogP contribution is 2.24. The van der Waals surface area contributed by atoms with E-state index in [2.05, 4.69) is 26.1 Å². The summed E-state index contributed by atoms with van der Waals surface area (Å²) >= 11 is 3.35. The van der Waals surface area contributed by atoms with Crippen molar-refractivity contribution in [2.24, 2.45) is 0 Å². The van der Waals surface area contributed by atoms with Crippen LogP contribution in [0.15, 0.2) is 35.1 Å². The molecule has 0 spiro atoms. The molecule has 0 radical (unpaired) electrons. The summed E-state index contributed by atoms with van der Waals surface area (Å²) < 4.78 is 6.11. The van der Waals surface area contributed by atoms with Crippen LogP contribution in [-0.4, -0.2) is 35.2 Å². The van der Waals surface area contributed by atoms with E-state index in [-0.39, 0.29) is 5.91 Å². The molecule has 0 aliphatic carbocycles. The first-order valence-corrected chi connectivity index (χ1v) is 6.47. The van der Waals surface area contributed by atoms with Gasteiger partial charge in [-0.1, -0.05) is 15.9 Å². The van der Waals surface area contributed by atoms with Crippen LogP contribution >= 0.6 is 15.9 Å². The summed E-state index contributed by atoms with van der Waals surface area (Å²) in [5.41, 5.74) is 1.49. The van der Waals surface area contributed by atoms with Gasteiger partial charge in [0.05, 0.1) is 18.9 Å². The summed E-state index contributed by atoms with van der Waals surface area (Å²) in [5.74, 6) is 0.462. The number of H-pyrrole nitrogens is 1. The van der Waals surface area contributed by atoms with Crippen LogP contribution in [0.5, 0.6) is 5.75 Å². The predicted molar refractivity (Wildman–Crippen MR) is 75.1 cm³/mol. The standard InChI is InChI=1S/C13H14BrN3O2/c1-17(8-9-6-15-16-7-9)13(18)11-4-3-10(14)5-12(11)19-2/h3-7H,8H2,1-2H3,(H,15,16). The number of rotatable bonds is 4. The molecule has 0 aliphatic heterocycles. The fourth-order valence-corrected chi connectivity index (χ4v) is 2.10. The minimum atomic E-state index is -0.0921. The number of benzene rings is 1. The molecule has 0 unspecified atom stereocenters. The van der Waals surface area contributed by atoms with Crippen LogP contribution in [-0.2, 0) is 6.54 Å². The maximum absolute atomic E-state index is 12.4. The Morgan fingerprint density at radius 3 is 2.95 bits per heavy atom. The van der Waals surface area contributed by atoms with E-state index in [1.54, 1.807) is 43.6 Å². The first-order valence-electron chi connectivity index (χ1n) is 5.68. The second kappa shape index (κ2) is 5.88. The van der Waals surface area contributed by atoms with Gasteiger partial charge in [0.1, 0.15) is 5.75 Å². The number of nitrogens with one attached hydrogen (secondary N) is 1. The predicted octanol–water partition coefficient (Wildman–Crippen LogP) is 2.45. The Morgan fingerprint density at radius 2 is 2.32 bits per heavy atom. The van der Waals surface area contributed by atoms with Gasteiger partial charge in [-0.25, -0.2) is 0 Å². The number of nitrogens with zero attached hydrogens (tertiary/aromatic N) is 2. The van der Waals surface area contributed by atoms with Gasteiger partial charge in [0.15, 0.2) is 0 Å². The first-order chi connectivity index (χ1) is 9.11. The zero-order valence-corrected chi connectivity index (χ0v) is 12.3. The van der Waals surface area contributed by atoms with Crippen molar-refractivity contribution in [2.75, 3.05) is 14.2 Å². The number of halogens is 1. The molecule has 0 aliphatic rings.